The molecule has 3 heteroatoms. The van der Waals surface area contributed by atoms with E-state index in [1.165, 1.54) is 0 Å². The molecule has 88 valence electrons. The van der Waals surface area contributed by atoms with E-state index in [4.69, 9.17) is 22.1 Å². The van der Waals surface area contributed by atoms with E-state index in [-0.39, 0.29) is 0 Å². The van der Waals surface area contributed by atoms with Crippen LogP contribution < -0.4 is 10.5 Å². The van der Waals surface area contributed by atoms with Gasteiger partial charge in [0, 0.05) is 10.7 Å². The van der Waals surface area contributed by atoms with Crippen LogP contribution in [-0.2, 0) is 0 Å². The first-order valence-electron chi connectivity index (χ1n) is 5.36. The van der Waals surface area contributed by atoms with Gasteiger partial charge in [-0.1, -0.05) is 17.7 Å². The van der Waals surface area contributed by atoms with Crippen LogP contribution in [0.2, 0.25) is 5.02 Å². The molecular formula is C14H14ClNO. The summed E-state index contributed by atoms with van der Waals surface area (Å²) in [6, 6.07) is 11.1. The lowest BCUT2D eigenvalue weighted by atomic mass is 10.1. The highest BCUT2D eigenvalue weighted by Gasteiger charge is 2.06. The molecule has 0 aliphatic carbocycles. The monoisotopic (exact) mass is 247 g/mol. The first-order valence-corrected chi connectivity index (χ1v) is 5.74. The molecule has 0 aromatic heterocycles. The summed E-state index contributed by atoms with van der Waals surface area (Å²) in [7, 11) is 0. The molecule has 0 aliphatic rings. The maximum absolute atomic E-state index is 5.92. The zero-order chi connectivity index (χ0) is 12.4. The normalized spacial score (nSPS) is 10.3. The summed E-state index contributed by atoms with van der Waals surface area (Å²) in [6.45, 7) is 3.95. The molecule has 0 fully saturated rings. The Morgan fingerprint density at radius 3 is 2.29 bits per heavy atom. The van der Waals surface area contributed by atoms with Crippen LogP contribution in [0.25, 0.3) is 0 Å². The molecule has 2 aromatic carbocycles. The van der Waals surface area contributed by atoms with Gasteiger partial charge < -0.3 is 10.5 Å². The molecule has 0 spiro atoms. The third-order valence-electron chi connectivity index (χ3n) is 2.50. The molecule has 0 saturated carbocycles. The molecule has 2 nitrogen and oxygen atoms in total. The molecule has 0 radical (unpaired) electrons. The van der Waals surface area contributed by atoms with Gasteiger partial charge >= 0.3 is 0 Å². The number of hydrogen-bond donors (Lipinski definition) is 1. The maximum Gasteiger partial charge on any atom is 0.133 e. The predicted molar refractivity (Wildman–Crippen MR) is 71.9 cm³/mol. The van der Waals surface area contributed by atoms with E-state index in [1.807, 2.05) is 44.2 Å². The van der Waals surface area contributed by atoms with Crippen LogP contribution in [-0.4, -0.2) is 0 Å². The number of nitrogens with two attached hydrogens (primary N) is 1. The number of aryl methyl sites for hydroxylation is 2. The van der Waals surface area contributed by atoms with E-state index in [2.05, 4.69) is 0 Å². The van der Waals surface area contributed by atoms with Crippen LogP contribution >= 0.6 is 11.6 Å². The van der Waals surface area contributed by atoms with Gasteiger partial charge in [0.1, 0.15) is 11.5 Å². The molecule has 2 rings (SSSR count). The quantitative estimate of drug-likeness (QED) is 0.802. The van der Waals surface area contributed by atoms with Gasteiger partial charge in [0.25, 0.3) is 0 Å². The molecule has 0 bridgehead atoms. The third-order valence-corrected chi connectivity index (χ3v) is 2.73. The minimum Gasteiger partial charge on any atom is -0.457 e. The Hall–Kier alpha value is -1.67. The van der Waals surface area contributed by atoms with Crippen molar-refractivity contribution in [3.63, 3.8) is 0 Å². The number of rotatable bonds is 2. The van der Waals surface area contributed by atoms with Gasteiger partial charge in [-0.15, -0.1) is 0 Å². The third kappa shape index (κ3) is 2.71. The van der Waals surface area contributed by atoms with Gasteiger partial charge in [-0.05, 0) is 55.3 Å². The summed E-state index contributed by atoms with van der Waals surface area (Å²) < 4.78 is 5.84. The fourth-order valence-corrected chi connectivity index (χ4v) is 1.97. The van der Waals surface area contributed by atoms with Crippen molar-refractivity contribution < 1.29 is 4.74 Å². The van der Waals surface area contributed by atoms with Crippen molar-refractivity contribution in [2.75, 3.05) is 5.73 Å². The Kier molecular flexibility index (Phi) is 3.25. The average Bonchev–Trinajstić information content (AvgIpc) is 2.23. The molecule has 2 aromatic rings. The lowest BCUT2D eigenvalue weighted by molar-refractivity contribution is 0.475. The number of halogens is 1. The first kappa shape index (κ1) is 11.8. The van der Waals surface area contributed by atoms with Gasteiger partial charge in [-0.2, -0.15) is 0 Å². The number of nitrogen functional groups attached to an aromatic ring is 1. The minimum absolute atomic E-state index is 0.660. The van der Waals surface area contributed by atoms with Crippen LogP contribution in [0.15, 0.2) is 36.4 Å². The van der Waals surface area contributed by atoms with Crippen LogP contribution in [0.1, 0.15) is 11.1 Å². The summed E-state index contributed by atoms with van der Waals surface area (Å²) in [5.41, 5.74) is 8.55. The fraction of sp³-hybridized carbons (Fsp3) is 0.143. The minimum atomic E-state index is 0.660. The molecule has 0 amide bonds. The van der Waals surface area contributed by atoms with E-state index in [0.717, 1.165) is 28.3 Å². The number of benzene rings is 2. The average molecular weight is 248 g/mol. The fourth-order valence-electron chi connectivity index (χ4n) is 1.79. The summed E-state index contributed by atoms with van der Waals surface area (Å²) in [4.78, 5) is 0. The zero-order valence-corrected chi connectivity index (χ0v) is 10.6. The summed E-state index contributed by atoms with van der Waals surface area (Å²) >= 11 is 5.92. The summed E-state index contributed by atoms with van der Waals surface area (Å²) in [6.07, 6.45) is 0. The van der Waals surface area contributed by atoms with E-state index < -0.39 is 0 Å². The van der Waals surface area contributed by atoms with Crippen LogP contribution in [0.4, 0.5) is 5.69 Å². The van der Waals surface area contributed by atoms with Gasteiger partial charge in [0.05, 0.1) is 0 Å². The SMILES string of the molecule is Cc1cc(N)cc(C)c1Oc1cccc(Cl)c1. The molecule has 0 heterocycles. The number of ether oxygens (including phenoxy) is 1. The van der Waals surface area contributed by atoms with Crippen molar-refractivity contribution in [2.45, 2.75) is 13.8 Å². The standard InChI is InChI=1S/C14H14ClNO/c1-9-6-12(16)7-10(2)14(9)17-13-5-3-4-11(15)8-13/h3-8H,16H2,1-2H3. The zero-order valence-electron chi connectivity index (χ0n) is 9.83. The highest BCUT2D eigenvalue weighted by molar-refractivity contribution is 6.30. The van der Waals surface area contributed by atoms with Crippen molar-refractivity contribution in [2.24, 2.45) is 0 Å². The van der Waals surface area contributed by atoms with Crippen molar-refractivity contribution in [3.8, 4) is 11.5 Å². The summed E-state index contributed by atoms with van der Waals surface area (Å²) in [5, 5.41) is 0.660. The lowest BCUT2D eigenvalue weighted by Crippen LogP contribution is -1.94. The van der Waals surface area contributed by atoms with Crippen molar-refractivity contribution in [1.82, 2.24) is 0 Å². The molecule has 0 unspecified atom stereocenters. The van der Waals surface area contributed by atoms with E-state index >= 15 is 0 Å². The Balaban J connectivity index is 2.36. The van der Waals surface area contributed by atoms with Crippen molar-refractivity contribution >= 4 is 17.3 Å². The van der Waals surface area contributed by atoms with Gasteiger partial charge in [0.15, 0.2) is 0 Å². The molecule has 17 heavy (non-hydrogen) atoms. The summed E-state index contributed by atoms with van der Waals surface area (Å²) in [5.74, 6) is 1.56. The molecular weight excluding hydrogens is 234 g/mol. The smallest absolute Gasteiger partial charge is 0.133 e. The van der Waals surface area contributed by atoms with E-state index in [1.54, 1.807) is 6.07 Å². The second kappa shape index (κ2) is 4.68. The topological polar surface area (TPSA) is 35.2 Å². The predicted octanol–water partition coefficient (Wildman–Crippen LogP) is 4.33. The Morgan fingerprint density at radius 1 is 1.06 bits per heavy atom. The largest absolute Gasteiger partial charge is 0.457 e. The lowest BCUT2D eigenvalue weighted by Gasteiger charge is -2.12. The Labute approximate surface area is 106 Å². The number of hydrogen-bond acceptors (Lipinski definition) is 2. The van der Waals surface area contributed by atoms with Crippen LogP contribution in [0.5, 0.6) is 11.5 Å². The van der Waals surface area contributed by atoms with Crippen molar-refractivity contribution in [3.05, 3.63) is 52.5 Å². The number of anilines is 1. The van der Waals surface area contributed by atoms with E-state index in [9.17, 15) is 0 Å². The second-order valence-corrected chi connectivity index (χ2v) is 4.48. The second-order valence-electron chi connectivity index (χ2n) is 4.04. The van der Waals surface area contributed by atoms with Gasteiger partial charge in [-0.3, -0.25) is 0 Å². The Morgan fingerprint density at radius 2 is 1.71 bits per heavy atom. The molecule has 0 atom stereocenters. The van der Waals surface area contributed by atoms with Crippen molar-refractivity contribution in [1.29, 1.82) is 0 Å². The highest BCUT2D eigenvalue weighted by atomic mass is 35.5. The van der Waals surface area contributed by atoms with E-state index in [0.29, 0.717) is 5.02 Å². The molecule has 2 N–H and O–H groups in total. The van der Waals surface area contributed by atoms with Crippen LogP contribution in [0.3, 0.4) is 0 Å². The molecule has 0 saturated heterocycles. The Bertz CT molecular complexity index is 529. The molecule has 0 aliphatic heterocycles. The van der Waals surface area contributed by atoms with Gasteiger partial charge in [-0.25, -0.2) is 0 Å². The van der Waals surface area contributed by atoms with Crippen LogP contribution in [0, 0.1) is 13.8 Å². The highest BCUT2D eigenvalue weighted by Crippen LogP contribution is 2.31. The van der Waals surface area contributed by atoms with Gasteiger partial charge in [0.2, 0.25) is 0 Å². The maximum atomic E-state index is 5.92. The first-order chi connectivity index (χ1) is 8.06.